The lowest BCUT2D eigenvalue weighted by molar-refractivity contribution is 0.0952. The summed E-state index contributed by atoms with van der Waals surface area (Å²) in [5.41, 5.74) is 6.08. The average Bonchev–Trinajstić information content (AvgIpc) is 2.45. The quantitative estimate of drug-likeness (QED) is 0.619. The lowest BCUT2D eigenvalue weighted by Crippen LogP contribution is -2.25. The maximum atomic E-state index is 13.3. The molecule has 0 aliphatic rings. The fourth-order valence-electron chi connectivity index (χ4n) is 1.81. The van der Waals surface area contributed by atoms with Gasteiger partial charge in [-0.15, -0.1) is 0 Å². The molecule has 3 N–H and O–H groups in total. The molecule has 0 saturated heterocycles. The van der Waals surface area contributed by atoms with Crippen molar-refractivity contribution in [2.24, 2.45) is 5.73 Å². The number of carbonyl (C=O) groups excluding carboxylic acids is 1. The number of unbranched alkanes of at least 4 members (excludes halogenated alkanes) is 3. The molecule has 108 valence electrons. The molecule has 20 heavy (non-hydrogen) atoms. The third-order valence-electron chi connectivity index (χ3n) is 2.87. The second kappa shape index (κ2) is 9.11. The van der Waals surface area contributed by atoms with Gasteiger partial charge in [-0.05, 0) is 24.6 Å². The van der Waals surface area contributed by atoms with E-state index in [4.69, 9.17) is 5.73 Å². The van der Waals surface area contributed by atoms with E-state index in [0.29, 0.717) is 12.1 Å². The smallest absolute Gasteiger partial charge is 0.252 e. The summed E-state index contributed by atoms with van der Waals surface area (Å²) in [7, 11) is 0. The number of benzene rings is 1. The minimum atomic E-state index is -0.445. The summed E-state index contributed by atoms with van der Waals surface area (Å²) in [5, 5.41) is 2.80. The van der Waals surface area contributed by atoms with E-state index >= 15 is 0 Å². The first-order valence-electron chi connectivity index (χ1n) is 6.95. The number of halogens is 1. The molecular formula is C16H21FN2O. The molecule has 0 fully saturated rings. The predicted octanol–water partition coefficient (Wildman–Crippen LogP) is 2.45. The van der Waals surface area contributed by atoms with Crippen LogP contribution in [0.1, 0.15) is 48.5 Å². The van der Waals surface area contributed by atoms with Crippen molar-refractivity contribution in [3.63, 3.8) is 0 Å². The lowest BCUT2D eigenvalue weighted by Gasteiger charge is -2.07. The van der Waals surface area contributed by atoms with Crippen LogP contribution in [0.2, 0.25) is 0 Å². The van der Waals surface area contributed by atoms with Crippen LogP contribution < -0.4 is 11.1 Å². The Kier molecular flexibility index (Phi) is 7.38. The van der Waals surface area contributed by atoms with Gasteiger partial charge in [0.2, 0.25) is 0 Å². The fourth-order valence-corrected chi connectivity index (χ4v) is 1.81. The van der Waals surface area contributed by atoms with Gasteiger partial charge in [0, 0.05) is 12.1 Å². The molecule has 0 radical (unpaired) electrons. The molecule has 3 nitrogen and oxygen atoms in total. The van der Waals surface area contributed by atoms with E-state index < -0.39 is 5.82 Å². The summed E-state index contributed by atoms with van der Waals surface area (Å²) in [6, 6.07) is 4.00. The summed E-state index contributed by atoms with van der Waals surface area (Å²) in [6.07, 6.45) is 4.32. The molecular weight excluding hydrogens is 255 g/mol. The second-order valence-electron chi connectivity index (χ2n) is 4.51. The molecule has 1 rings (SSSR count). The summed E-state index contributed by atoms with van der Waals surface area (Å²) in [4.78, 5) is 12.0. The molecule has 0 unspecified atom stereocenters. The SMILES string of the molecule is CCCCCCNC(=O)c1cc(F)ccc1C#CCN. The molecule has 0 aliphatic heterocycles. The van der Waals surface area contributed by atoms with Crippen LogP contribution in [0.5, 0.6) is 0 Å². The Balaban J connectivity index is 2.68. The highest BCUT2D eigenvalue weighted by atomic mass is 19.1. The van der Waals surface area contributed by atoms with Crippen molar-refractivity contribution in [3.05, 3.63) is 35.1 Å². The normalized spacial score (nSPS) is 9.75. The Morgan fingerprint density at radius 3 is 2.85 bits per heavy atom. The Labute approximate surface area is 119 Å². The molecule has 1 amide bonds. The zero-order valence-corrected chi connectivity index (χ0v) is 11.8. The van der Waals surface area contributed by atoms with E-state index in [1.807, 2.05) is 0 Å². The Hall–Kier alpha value is -1.86. The van der Waals surface area contributed by atoms with Crippen LogP contribution in [0.3, 0.4) is 0 Å². The van der Waals surface area contributed by atoms with Crippen molar-refractivity contribution in [2.75, 3.05) is 13.1 Å². The first-order chi connectivity index (χ1) is 9.69. The maximum Gasteiger partial charge on any atom is 0.252 e. The number of hydrogen-bond acceptors (Lipinski definition) is 2. The van der Waals surface area contributed by atoms with Crippen molar-refractivity contribution >= 4 is 5.91 Å². The molecule has 0 heterocycles. The largest absolute Gasteiger partial charge is 0.352 e. The lowest BCUT2D eigenvalue weighted by atomic mass is 10.1. The highest BCUT2D eigenvalue weighted by Crippen LogP contribution is 2.10. The Morgan fingerprint density at radius 2 is 2.15 bits per heavy atom. The van der Waals surface area contributed by atoms with E-state index in [0.717, 1.165) is 25.7 Å². The number of nitrogens with one attached hydrogen (secondary N) is 1. The minimum Gasteiger partial charge on any atom is -0.352 e. The molecule has 1 aromatic carbocycles. The van der Waals surface area contributed by atoms with Gasteiger partial charge in [0.25, 0.3) is 5.91 Å². The molecule has 0 aliphatic carbocycles. The van der Waals surface area contributed by atoms with Crippen LogP contribution in [-0.2, 0) is 0 Å². The van der Waals surface area contributed by atoms with E-state index in [-0.39, 0.29) is 18.0 Å². The molecule has 0 aromatic heterocycles. The van der Waals surface area contributed by atoms with Gasteiger partial charge in [-0.25, -0.2) is 4.39 Å². The van der Waals surface area contributed by atoms with Gasteiger partial charge in [0.05, 0.1) is 12.1 Å². The maximum absolute atomic E-state index is 13.3. The van der Waals surface area contributed by atoms with Crippen molar-refractivity contribution in [1.29, 1.82) is 0 Å². The van der Waals surface area contributed by atoms with Crippen LogP contribution >= 0.6 is 0 Å². The average molecular weight is 276 g/mol. The first-order valence-corrected chi connectivity index (χ1v) is 6.95. The number of amides is 1. The van der Waals surface area contributed by atoms with E-state index in [9.17, 15) is 9.18 Å². The molecule has 0 saturated carbocycles. The van der Waals surface area contributed by atoms with E-state index in [1.54, 1.807) is 0 Å². The summed E-state index contributed by atoms with van der Waals surface area (Å²) in [6.45, 7) is 2.93. The van der Waals surface area contributed by atoms with Gasteiger partial charge in [-0.1, -0.05) is 38.0 Å². The highest BCUT2D eigenvalue weighted by molar-refractivity contribution is 5.96. The van der Waals surface area contributed by atoms with Gasteiger partial charge < -0.3 is 11.1 Å². The minimum absolute atomic E-state index is 0.204. The monoisotopic (exact) mass is 276 g/mol. The molecule has 0 atom stereocenters. The van der Waals surface area contributed by atoms with Gasteiger partial charge in [-0.2, -0.15) is 0 Å². The summed E-state index contributed by atoms with van der Waals surface area (Å²) < 4.78 is 13.3. The number of nitrogens with two attached hydrogens (primary N) is 1. The third kappa shape index (κ3) is 5.41. The van der Waals surface area contributed by atoms with Gasteiger partial charge in [-0.3, -0.25) is 4.79 Å². The van der Waals surface area contributed by atoms with Crippen LogP contribution in [0.4, 0.5) is 4.39 Å². The fraction of sp³-hybridized carbons (Fsp3) is 0.438. The number of carbonyl (C=O) groups is 1. The molecule has 1 aromatic rings. The van der Waals surface area contributed by atoms with Crippen LogP contribution in [-0.4, -0.2) is 19.0 Å². The molecule has 0 bridgehead atoms. The number of rotatable bonds is 6. The number of hydrogen-bond donors (Lipinski definition) is 2. The zero-order chi connectivity index (χ0) is 14.8. The standard InChI is InChI=1S/C16H21FN2O/c1-2-3-4-5-11-19-16(20)15-12-14(17)9-8-13(15)7-6-10-18/h8-9,12H,2-5,10-11,18H2,1H3,(H,19,20). The van der Waals surface area contributed by atoms with Crippen molar-refractivity contribution in [1.82, 2.24) is 5.32 Å². The zero-order valence-electron chi connectivity index (χ0n) is 11.8. The van der Waals surface area contributed by atoms with Crippen molar-refractivity contribution < 1.29 is 9.18 Å². The summed E-state index contributed by atoms with van der Waals surface area (Å²) >= 11 is 0. The van der Waals surface area contributed by atoms with Crippen LogP contribution in [0, 0.1) is 17.7 Å². The van der Waals surface area contributed by atoms with E-state index in [2.05, 4.69) is 24.1 Å². The molecule has 4 heteroatoms. The van der Waals surface area contributed by atoms with Crippen molar-refractivity contribution in [2.45, 2.75) is 32.6 Å². The topological polar surface area (TPSA) is 55.1 Å². The highest BCUT2D eigenvalue weighted by Gasteiger charge is 2.10. The summed E-state index contributed by atoms with van der Waals surface area (Å²) in [5.74, 6) is 4.73. The Morgan fingerprint density at radius 1 is 1.35 bits per heavy atom. The first kappa shape index (κ1) is 16.2. The predicted molar refractivity (Wildman–Crippen MR) is 78.8 cm³/mol. The van der Waals surface area contributed by atoms with Gasteiger partial charge in [0.15, 0.2) is 0 Å². The van der Waals surface area contributed by atoms with Gasteiger partial charge >= 0.3 is 0 Å². The molecule has 0 spiro atoms. The van der Waals surface area contributed by atoms with E-state index in [1.165, 1.54) is 18.2 Å². The Bertz CT molecular complexity index is 503. The second-order valence-corrected chi connectivity index (χ2v) is 4.51. The van der Waals surface area contributed by atoms with Crippen LogP contribution in [0.15, 0.2) is 18.2 Å². The van der Waals surface area contributed by atoms with Gasteiger partial charge in [0.1, 0.15) is 5.82 Å². The third-order valence-corrected chi connectivity index (χ3v) is 2.87. The van der Waals surface area contributed by atoms with Crippen molar-refractivity contribution in [3.8, 4) is 11.8 Å². The van der Waals surface area contributed by atoms with Crippen LogP contribution in [0.25, 0.3) is 0 Å².